The summed E-state index contributed by atoms with van der Waals surface area (Å²) < 4.78 is 2.20. The SMILES string of the molecule is Cc1ccc(CSC2=NC(C)c3cnn(C)c(=O)c3S2)c(C#N)c1. The first-order chi connectivity index (χ1) is 11.5. The maximum Gasteiger partial charge on any atom is 0.280 e. The van der Waals surface area contributed by atoms with Crippen molar-refractivity contribution in [3.05, 3.63) is 57.0 Å². The molecule has 1 aromatic heterocycles. The summed E-state index contributed by atoms with van der Waals surface area (Å²) in [6, 6.07) is 8.04. The molecule has 0 N–H and O–H groups in total. The lowest BCUT2D eigenvalue weighted by Gasteiger charge is -2.19. The third kappa shape index (κ3) is 3.25. The van der Waals surface area contributed by atoms with E-state index in [4.69, 9.17) is 0 Å². The van der Waals surface area contributed by atoms with Crippen LogP contribution in [-0.2, 0) is 12.8 Å². The van der Waals surface area contributed by atoms with Crippen molar-refractivity contribution in [2.75, 3.05) is 0 Å². The molecule has 2 aromatic rings. The topological polar surface area (TPSA) is 71.0 Å². The highest BCUT2D eigenvalue weighted by atomic mass is 32.2. The molecule has 7 heteroatoms. The molecule has 0 radical (unpaired) electrons. The summed E-state index contributed by atoms with van der Waals surface area (Å²) in [6.45, 7) is 3.94. The number of hydrogen-bond acceptors (Lipinski definition) is 6. The smallest absolute Gasteiger partial charge is 0.267 e. The maximum absolute atomic E-state index is 12.3. The first-order valence-electron chi connectivity index (χ1n) is 7.44. The molecule has 1 aromatic carbocycles. The number of thioether (sulfide) groups is 2. The molecule has 0 fully saturated rings. The van der Waals surface area contributed by atoms with Gasteiger partial charge < -0.3 is 0 Å². The number of nitrogens with zero attached hydrogens (tertiary/aromatic N) is 4. The normalized spacial score (nSPS) is 16.2. The van der Waals surface area contributed by atoms with Gasteiger partial charge in [-0.05, 0) is 31.0 Å². The second-order valence-electron chi connectivity index (χ2n) is 5.59. The van der Waals surface area contributed by atoms with Crippen molar-refractivity contribution in [2.24, 2.45) is 12.0 Å². The van der Waals surface area contributed by atoms with Gasteiger partial charge >= 0.3 is 0 Å². The molecule has 1 aliphatic heterocycles. The minimum atomic E-state index is -0.0922. The Morgan fingerprint density at radius 1 is 1.46 bits per heavy atom. The van der Waals surface area contributed by atoms with Crippen molar-refractivity contribution in [1.29, 1.82) is 5.26 Å². The van der Waals surface area contributed by atoms with Crippen LogP contribution in [0.5, 0.6) is 0 Å². The van der Waals surface area contributed by atoms with Crippen molar-refractivity contribution in [1.82, 2.24) is 9.78 Å². The predicted octanol–water partition coefficient (Wildman–Crippen LogP) is 3.42. The molecule has 5 nitrogen and oxygen atoms in total. The van der Waals surface area contributed by atoms with Crippen LogP contribution >= 0.6 is 23.5 Å². The molecular formula is C17H16N4OS2. The number of benzene rings is 1. The Kier molecular flexibility index (Phi) is 4.78. The van der Waals surface area contributed by atoms with Crippen LogP contribution in [0.2, 0.25) is 0 Å². The van der Waals surface area contributed by atoms with Crippen LogP contribution in [0.3, 0.4) is 0 Å². The second kappa shape index (κ2) is 6.83. The third-order valence-electron chi connectivity index (χ3n) is 3.80. The van der Waals surface area contributed by atoms with E-state index in [-0.39, 0.29) is 11.6 Å². The molecule has 1 unspecified atom stereocenters. The van der Waals surface area contributed by atoms with Crippen molar-refractivity contribution in [3.63, 3.8) is 0 Å². The molecule has 0 aliphatic carbocycles. The number of nitriles is 1. The zero-order chi connectivity index (χ0) is 17.3. The highest BCUT2D eigenvalue weighted by Crippen LogP contribution is 2.37. The van der Waals surface area contributed by atoms with E-state index in [2.05, 4.69) is 16.2 Å². The van der Waals surface area contributed by atoms with E-state index in [1.165, 1.54) is 16.4 Å². The average Bonchev–Trinajstić information content (AvgIpc) is 2.57. The van der Waals surface area contributed by atoms with Gasteiger partial charge in [0.1, 0.15) is 4.38 Å². The van der Waals surface area contributed by atoms with Crippen molar-refractivity contribution >= 4 is 27.9 Å². The first-order valence-corrected chi connectivity index (χ1v) is 9.24. The summed E-state index contributed by atoms with van der Waals surface area (Å²) in [5.74, 6) is 0.655. The van der Waals surface area contributed by atoms with Gasteiger partial charge in [-0.15, -0.1) is 0 Å². The van der Waals surface area contributed by atoms with Gasteiger partial charge in [-0.2, -0.15) is 10.4 Å². The monoisotopic (exact) mass is 356 g/mol. The summed E-state index contributed by atoms with van der Waals surface area (Å²) in [5.41, 5.74) is 3.53. The number of hydrogen-bond donors (Lipinski definition) is 0. The lowest BCUT2D eigenvalue weighted by Crippen LogP contribution is -2.24. The molecule has 2 heterocycles. The molecule has 1 aliphatic rings. The molecule has 1 atom stereocenters. The summed E-state index contributed by atoms with van der Waals surface area (Å²) in [4.78, 5) is 17.6. The highest BCUT2D eigenvalue weighted by Gasteiger charge is 2.23. The molecule has 0 spiro atoms. The van der Waals surface area contributed by atoms with Gasteiger partial charge in [0.15, 0.2) is 0 Å². The molecule has 122 valence electrons. The van der Waals surface area contributed by atoms with Gasteiger partial charge in [0.05, 0.1) is 28.8 Å². The zero-order valence-corrected chi connectivity index (χ0v) is 15.2. The maximum atomic E-state index is 12.3. The van der Waals surface area contributed by atoms with E-state index in [1.807, 2.05) is 32.0 Å². The number of aliphatic imine (C=N–C) groups is 1. The minimum Gasteiger partial charge on any atom is -0.267 e. The summed E-state index contributed by atoms with van der Waals surface area (Å²) in [5, 5.41) is 13.3. The van der Waals surface area contributed by atoms with Crippen LogP contribution in [0.15, 0.2) is 39.1 Å². The summed E-state index contributed by atoms with van der Waals surface area (Å²) in [6.07, 6.45) is 1.72. The van der Waals surface area contributed by atoms with Gasteiger partial charge in [-0.25, -0.2) is 4.68 Å². The van der Waals surface area contributed by atoms with Crippen molar-refractivity contribution < 1.29 is 0 Å². The fourth-order valence-corrected chi connectivity index (χ4v) is 4.77. The Bertz CT molecular complexity index is 927. The Morgan fingerprint density at radius 3 is 3.00 bits per heavy atom. The van der Waals surface area contributed by atoms with Gasteiger partial charge in [-0.3, -0.25) is 9.79 Å². The van der Waals surface area contributed by atoms with Crippen LogP contribution in [0.4, 0.5) is 0 Å². The van der Waals surface area contributed by atoms with Crippen LogP contribution in [0.1, 0.15) is 35.2 Å². The van der Waals surface area contributed by atoms with Crippen LogP contribution < -0.4 is 5.56 Å². The first kappa shape index (κ1) is 16.8. The minimum absolute atomic E-state index is 0.0846. The van der Waals surface area contributed by atoms with E-state index < -0.39 is 0 Å². The lowest BCUT2D eigenvalue weighted by molar-refractivity contribution is 0.657. The fraction of sp³-hybridized carbons (Fsp3) is 0.294. The standard InChI is InChI=1S/C17H16N4OS2/c1-10-4-5-12(13(6-10)7-18)9-23-17-20-11(2)14-8-19-21(3)16(22)15(14)24-17/h4-6,8,11H,9H2,1-3H3. The quantitative estimate of drug-likeness (QED) is 0.824. The Hall–Kier alpha value is -2.04. The molecular weight excluding hydrogens is 340 g/mol. The van der Waals surface area contributed by atoms with E-state index in [1.54, 1.807) is 25.0 Å². The third-order valence-corrected chi connectivity index (χ3v) is 6.10. The van der Waals surface area contributed by atoms with Gasteiger partial charge in [0.25, 0.3) is 5.56 Å². The number of aromatic nitrogens is 2. The summed E-state index contributed by atoms with van der Waals surface area (Å²) in [7, 11) is 1.65. The molecule has 0 saturated heterocycles. The molecule has 24 heavy (non-hydrogen) atoms. The van der Waals surface area contributed by atoms with Crippen LogP contribution in [-0.4, -0.2) is 14.2 Å². The molecule has 0 saturated carbocycles. The Labute approximate surface area is 148 Å². The fourth-order valence-electron chi connectivity index (χ4n) is 2.40. The van der Waals surface area contributed by atoms with Crippen LogP contribution in [0, 0.1) is 18.3 Å². The van der Waals surface area contributed by atoms with Gasteiger partial charge in [-0.1, -0.05) is 35.7 Å². The molecule has 0 amide bonds. The zero-order valence-electron chi connectivity index (χ0n) is 13.6. The Balaban J connectivity index is 1.82. The molecule has 0 bridgehead atoms. The van der Waals surface area contributed by atoms with E-state index >= 15 is 0 Å². The highest BCUT2D eigenvalue weighted by molar-refractivity contribution is 8.38. The molecule has 3 rings (SSSR count). The van der Waals surface area contributed by atoms with E-state index in [0.29, 0.717) is 16.2 Å². The lowest BCUT2D eigenvalue weighted by atomic mass is 10.1. The van der Waals surface area contributed by atoms with Crippen molar-refractivity contribution in [2.45, 2.75) is 30.5 Å². The van der Waals surface area contributed by atoms with E-state index in [9.17, 15) is 10.1 Å². The van der Waals surface area contributed by atoms with E-state index in [0.717, 1.165) is 21.1 Å². The predicted molar refractivity (Wildman–Crippen MR) is 98.4 cm³/mol. The Morgan fingerprint density at radius 2 is 2.25 bits per heavy atom. The second-order valence-corrected chi connectivity index (χ2v) is 7.81. The van der Waals surface area contributed by atoms with Crippen LogP contribution in [0.25, 0.3) is 0 Å². The average molecular weight is 356 g/mol. The van der Waals surface area contributed by atoms with Gasteiger partial charge in [0.2, 0.25) is 0 Å². The number of rotatable bonds is 2. The largest absolute Gasteiger partial charge is 0.280 e. The van der Waals surface area contributed by atoms with Gasteiger partial charge in [0, 0.05) is 18.4 Å². The number of aryl methyl sites for hydroxylation is 2. The summed E-state index contributed by atoms with van der Waals surface area (Å²) >= 11 is 2.96. The number of fused-ring (bicyclic) bond motifs is 1. The van der Waals surface area contributed by atoms with Crippen molar-refractivity contribution in [3.8, 4) is 6.07 Å².